The van der Waals surface area contributed by atoms with Crippen LogP contribution in [-0.2, 0) is 16.1 Å². The van der Waals surface area contributed by atoms with Crippen molar-refractivity contribution in [3.8, 4) is 29.9 Å². The number of nitrogens with one attached hydrogen (secondary N) is 1. The maximum atomic E-state index is 12.8. The summed E-state index contributed by atoms with van der Waals surface area (Å²) in [5.74, 6) is 8.30. The fraction of sp³-hybridized carbons (Fsp3) is 0.250. The largest absolute Gasteiger partial charge is 0.491 e. The molecule has 1 N–H and O–H groups in total. The number of nitrogens with zero attached hydrogens (tertiary/aromatic N) is 2. The lowest BCUT2D eigenvalue weighted by atomic mass is 10.0. The van der Waals surface area contributed by atoms with Crippen molar-refractivity contribution in [2.45, 2.75) is 31.8 Å². The van der Waals surface area contributed by atoms with E-state index in [-0.39, 0.29) is 18.2 Å². The summed E-state index contributed by atoms with van der Waals surface area (Å²) in [4.78, 5) is 42.0. The Labute approximate surface area is 179 Å². The number of aromatic nitrogens is 1. The third-order valence-electron chi connectivity index (χ3n) is 5.19. The van der Waals surface area contributed by atoms with E-state index in [0.29, 0.717) is 43.0 Å². The number of hydrogen-bond acceptors (Lipinski definition) is 5. The van der Waals surface area contributed by atoms with Gasteiger partial charge in [0.05, 0.1) is 12.8 Å². The molecule has 3 amide bonds. The summed E-state index contributed by atoms with van der Waals surface area (Å²) in [5, 5.41) is 2.31. The van der Waals surface area contributed by atoms with E-state index < -0.39 is 11.9 Å². The number of hydrogen-bond donors (Lipinski definition) is 1. The van der Waals surface area contributed by atoms with E-state index in [1.54, 1.807) is 30.5 Å². The van der Waals surface area contributed by atoms with E-state index >= 15 is 0 Å². The average Bonchev–Trinajstić information content (AvgIpc) is 3.11. The molecule has 1 aromatic heterocycles. The van der Waals surface area contributed by atoms with Gasteiger partial charge >= 0.3 is 0 Å². The maximum Gasteiger partial charge on any atom is 0.255 e. The van der Waals surface area contributed by atoms with E-state index in [1.165, 1.54) is 4.90 Å². The highest BCUT2D eigenvalue weighted by Crippen LogP contribution is 2.29. The van der Waals surface area contributed by atoms with Gasteiger partial charge in [-0.3, -0.25) is 19.7 Å². The summed E-state index contributed by atoms with van der Waals surface area (Å²) in [6.07, 6.45) is 7.90. The van der Waals surface area contributed by atoms with Crippen LogP contribution in [0, 0.1) is 24.2 Å². The zero-order chi connectivity index (χ0) is 21.8. The molecule has 0 spiro atoms. The summed E-state index contributed by atoms with van der Waals surface area (Å²) < 4.78 is 5.60. The normalized spacial score (nSPS) is 17.3. The van der Waals surface area contributed by atoms with E-state index in [9.17, 15) is 14.4 Å². The van der Waals surface area contributed by atoms with Gasteiger partial charge in [-0.15, -0.1) is 6.42 Å². The topological polar surface area (TPSA) is 88.6 Å². The molecule has 0 radical (unpaired) electrons. The Morgan fingerprint density at radius 1 is 1.23 bits per heavy atom. The van der Waals surface area contributed by atoms with E-state index in [4.69, 9.17) is 11.2 Å². The highest BCUT2D eigenvalue weighted by Gasteiger charge is 2.39. The molecular weight excluding hydrogens is 394 g/mol. The Kier molecular flexibility index (Phi) is 5.68. The van der Waals surface area contributed by atoms with Crippen LogP contribution >= 0.6 is 0 Å². The minimum atomic E-state index is -0.638. The fourth-order valence-electron chi connectivity index (χ4n) is 3.63. The zero-order valence-corrected chi connectivity index (χ0v) is 16.7. The van der Waals surface area contributed by atoms with Gasteiger partial charge in [-0.05, 0) is 36.2 Å². The van der Waals surface area contributed by atoms with Crippen molar-refractivity contribution in [3.05, 3.63) is 58.9 Å². The van der Waals surface area contributed by atoms with Crippen LogP contribution in [0.2, 0.25) is 0 Å². The number of rotatable bonds is 4. The van der Waals surface area contributed by atoms with Gasteiger partial charge in [0.25, 0.3) is 5.91 Å². The Bertz CT molecular complexity index is 1150. The van der Waals surface area contributed by atoms with Gasteiger partial charge in [-0.1, -0.05) is 23.8 Å². The molecule has 2 aliphatic rings. The number of fused-ring (bicyclic) bond motifs is 1. The average molecular weight is 413 g/mol. The monoisotopic (exact) mass is 413 g/mol. The number of amides is 3. The smallest absolute Gasteiger partial charge is 0.255 e. The van der Waals surface area contributed by atoms with Crippen LogP contribution in [0.15, 0.2) is 36.5 Å². The lowest BCUT2D eigenvalue weighted by Gasteiger charge is -2.29. The highest BCUT2D eigenvalue weighted by molar-refractivity contribution is 6.05. The molecule has 1 atom stereocenters. The van der Waals surface area contributed by atoms with Crippen molar-refractivity contribution in [1.29, 1.82) is 0 Å². The number of terminal acetylenes is 1. The van der Waals surface area contributed by atoms with E-state index in [2.05, 4.69) is 28.1 Å². The summed E-state index contributed by atoms with van der Waals surface area (Å²) in [5.41, 5.74) is 2.65. The van der Waals surface area contributed by atoms with Crippen LogP contribution < -0.4 is 10.1 Å². The first kappa shape index (κ1) is 20.2. The Balaban J connectivity index is 1.40. The van der Waals surface area contributed by atoms with Crippen LogP contribution in [0.5, 0.6) is 5.75 Å². The molecule has 2 aromatic rings. The molecule has 1 unspecified atom stereocenters. The molecule has 154 valence electrons. The molecule has 1 fully saturated rings. The molecule has 3 heterocycles. The minimum absolute atomic E-state index is 0.209. The SMILES string of the molecule is C#Cc1ccc(OCCC#Cc2cccc3c2CN(C2CCC(=O)NC2=O)C3=O)cn1. The van der Waals surface area contributed by atoms with Crippen molar-refractivity contribution < 1.29 is 19.1 Å². The third-order valence-corrected chi connectivity index (χ3v) is 5.19. The Morgan fingerprint density at radius 2 is 2.10 bits per heavy atom. The van der Waals surface area contributed by atoms with Crippen LogP contribution in [0.1, 0.15) is 46.4 Å². The van der Waals surface area contributed by atoms with Crippen molar-refractivity contribution in [3.63, 3.8) is 0 Å². The lowest BCUT2D eigenvalue weighted by Crippen LogP contribution is -2.52. The number of benzene rings is 1. The van der Waals surface area contributed by atoms with Crippen LogP contribution in [0.4, 0.5) is 0 Å². The Hall–Kier alpha value is -4.10. The molecule has 7 heteroatoms. The maximum absolute atomic E-state index is 12.8. The van der Waals surface area contributed by atoms with E-state index in [0.717, 1.165) is 11.1 Å². The lowest BCUT2D eigenvalue weighted by molar-refractivity contribution is -0.136. The number of pyridine rings is 1. The fourth-order valence-corrected chi connectivity index (χ4v) is 3.63. The molecular formula is C24H19N3O4. The number of carbonyl (C=O) groups excluding carboxylic acids is 3. The predicted octanol–water partition coefficient (Wildman–Crippen LogP) is 1.64. The standard InChI is InChI=1S/C24H19N3O4/c1-2-17-9-10-18(14-25-17)31-13-4-3-6-16-7-5-8-19-20(16)15-27(24(19)30)21-11-12-22(28)26-23(21)29/h1,5,7-10,14,21H,4,11-13,15H2,(H,26,28,29). The second-order valence-electron chi connectivity index (χ2n) is 7.16. The summed E-state index contributed by atoms with van der Waals surface area (Å²) in [6.45, 7) is 0.690. The van der Waals surface area contributed by atoms with Crippen LogP contribution in [0.3, 0.4) is 0 Å². The molecule has 31 heavy (non-hydrogen) atoms. The van der Waals surface area contributed by atoms with Gasteiger partial charge < -0.3 is 9.64 Å². The molecule has 7 nitrogen and oxygen atoms in total. The van der Waals surface area contributed by atoms with Gasteiger partial charge in [0.2, 0.25) is 11.8 Å². The molecule has 0 bridgehead atoms. The van der Waals surface area contributed by atoms with Crippen molar-refractivity contribution in [2.75, 3.05) is 6.61 Å². The molecule has 1 saturated heterocycles. The summed E-state index contributed by atoms with van der Waals surface area (Å²) >= 11 is 0. The van der Waals surface area contributed by atoms with Crippen molar-refractivity contribution in [1.82, 2.24) is 15.2 Å². The van der Waals surface area contributed by atoms with Gasteiger partial charge in [0, 0.05) is 30.5 Å². The Morgan fingerprint density at radius 3 is 2.84 bits per heavy atom. The zero-order valence-electron chi connectivity index (χ0n) is 16.7. The summed E-state index contributed by atoms with van der Waals surface area (Å²) in [7, 11) is 0. The first-order valence-electron chi connectivity index (χ1n) is 9.87. The van der Waals surface area contributed by atoms with E-state index in [1.807, 2.05) is 6.07 Å². The summed E-state index contributed by atoms with van der Waals surface area (Å²) in [6, 6.07) is 8.21. The molecule has 0 aliphatic carbocycles. The number of ether oxygens (including phenoxy) is 1. The number of piperidine rings is 1. The second-order valence-corrected chi connectivity index (χ2v) is 7.16. The number of carbonyl (C=O) groups is 3. The van der Waals surface area contributed by atoms with Crippen LogP contribution in [0.25, 0.3) is 0 Å². The van der Waals surface area contributed by atoms with Gasteiger partial charge in [0.1, 0.15) is 17.5 Å². The minimum Gasteiger partial charge on any atom is -0.491 e. The first-order valence-corrected chi connectivity index (χ1v) is 9.87. The van der Waals surface area contributed by atoms with Gasteiger partial charge in [-0.25, -0.2) is 4.98 Å². The predicted molar refractivity (Wildman–Crippen MR) is 112 cm³/mol. The second kappa shape index (κ2) is 8.73. The third kappa shape index (κ3) is 4.26. The molecule has 2 aliphatic heterocycles. The first-order chi connectivity index (χ1) is 15.1. The number of imide groups is 1. The van der Waals surface area contributed by atoms with Crippen LogP contribution in [-0.4, -0.2) is 40.3 Å². The van der Waals surface area contributed by atoms with Gasteiger partial charge in [0.15, 0.2) is 0 Å². The van der Waals surface area contributed by atoms with Crippen molar-refractivity contribution in [2.24, 2.45) is 0 Å². The molecule has 1 aromatic carbocycles. The highest BCUT2D eigenvalue weighted by atomic mass is 16.5. The molecule has 0 saturated carbocycles. The quantitative estimate of drug-likeness (QED) is 0.468. The van der Waals surface area contributed by atoms with Gasteiger partial charge in [-0.2, -0.15) is 0 Å². The van der Waals surface area contributed by atoms with Crippen molar-refractivity contribution >= 4 is 17.7 Å². The molecule has 4 rings (SSSR count).